The Morgan fingerprint density at radius 2 is 2.03 bits per heavy atom. The van der Waals surface area contributed by atoms with Crippen molar-refractivity contribution in [2.75, 3.05) is 29.3 Å². The molecule has 30 heavy (non-hydrogen) atoms. The highest BCUT2D eigenvalue weighted by atomic mass is 35.5. The Hall–Kier alpha value is -1.84. The third kappa shape index (κ3) is 5.44. The first kappa shape index (κ1) is 22.8. The zero-order chi connectivity index (χ0) is 22.1. The number of nitrogens with one attached hydrogen (secondary N) is 2. The van der Waals surface area contributed by atoms with Gasteiger partial charge in [-0.05, 0) is 45.2 Å². The van der Waals surface area contributed by atoms with E-state index in [0.717, 1.165) is 25.1 Å². The predicted molar refractivity (Wildman–Crippen MR) is 114 cm³/mol. The van der Waals surface area contributed by atoms with Crippen LogP contribution in [0.2, 0.25) is 5.02 Å². The number of hydrogen-bond donors (Lipinski definition) is 2. The molecule has 0 radical (unpaired) electrons. The molecule has 0 spiro atoms. The Labute approximate surface area is 181 Å². The third-order valence-corrected chi connectivity index (χ3v) is 6.24. The molecule has 1 aliphatic rings. The standard InChI is InChI=1S/C20H24ClF3N4OS/c1-20(2,3)25-10-12-7-8-28(11-12)14-9-13(22)19(18(24)17(14)21)30(29)27-16-6-4-5-15(23)26-16/h4-6,9,12,25H,7-8,10-11H2,1-3H3,(H,26,27). The molecular formula is C20H24ClF3N4OS. The summed E-state index contributed by atoms with van der Waals surface area (Å²) in [6.45, 7) is 8.24. The first-order valence-electron chi connectivity index (χ1n) is 9.53. The van der Waals surface area contributed by atoms with Crippen molar-refractivity contribution in [3.8, 4) is 0 Å². The Balaban J connectivity index is 1.77. The monoisotopic (exact) mass is 460 g/mol. The third-order valence-electron chi connectivity index (χ3n) is 4.74. The van der Waals surface area contributed by atoms with Gasteiger partial charge in [-0.3, -0.25) is 4.72 Å². The number of pyridine rings is 1. The number of rotatable bonds is 6. The molecule has 1 aromatic heterocycles. The summed E-state index contributed by atoms with van der Waals surface area (Å²) in [6.07, 6.45) is 0.864. The summed E-state index contributed by atoms with van der Waals surface area (Å²) < 4.78 is 57.5. The summed E-state index contributed by atoms with van der Waals surface area (Å²) in [4.78, 5) is 4.59. The lowest BCUT2D eigenvalue weighted by atomic mass is 10.1. The lowest BCUT2D eigenvalue weighted by Crippen LogP contribution is -2.39. The molecule has 2 aromatic rings. The van der Waals surface area contributed by atoms with Crippen LogP contribution in [0.1, 0.15) is 27.2 Å². The van der Waals surface area contributed by atoms with Crippen LogP contribution in [-0.4, -0.2) is 34.4 Å². The van der Waals surface area contributed by atoms with E-state index in [2.05, 4.69) is 35.8 Å². The van der Waals surface area contributed by atoms with Crippen molar-refractivity contribution in [2.24, 2.45) is 5.92 Å². The molecule has 5 nitrogen and oxygen atoms in total. The van der Waals surface area contributed by atoms with E-state index in [1.807, 2.05) is 4.90 Å². The Morgan fingerprint density at radius 3 is 2.70 bits per heavy atom. The van der Waals surface area contributed by atoms with E-state index in [-0.39, 0.29) is 22.1 Å². The van der Waals surface area contributed by atoms with Gasteiger partial charge in [0.15, 0.2) is 16.8 Å². The highest BCUT2D eigenvalue weighted by Crippen LogP contribution is 2.36. The number of halogens is 4. The number of nitrogens with zero attached hydrogens (tertiary/aromatic N) is 2. The predicted octanol–water partition coefficient (Wildman–Crippen LogP) is 4.50. The summed E-state index contributed by atoms with van der Waals surface area (Å²) in [5.41, 5.74) is 0.216. The number of aromatic nitrogens is 1. The summed E-state index contributed by atoms with van der Waals surface area (Å²) in [5, 5.41) is 3.14. The maximum absolute atomic E-state index is 14.9. The smallest absolute Gasteiger partial charge is 0.214 e. The van der Waals surface area contributed by atoms with Crippen molar-refractivity contribution >= 4 is 34.1 Å². The fourth-order valence-corrected chi connectivity index (χ4v) is 4.48. The maximum atomic E-state index is 14.9. The number of anilines is 2. The lowest BCUT2D eigenvalue weighted by molar-refractivity contribution is 0.383. The van der Waals surface area contributed by atoms with Crippen molar-refractivity contribution in [1.82, 2.24) is 10.3 Å². The van der Waals surface area contributed by atoms with E-state index >= 15 is 0 Å². The van der Waals surface area contributed by atoms with Gasteiger partial charge in [-0.2, -0.15) is 4.39 Å². The molecule has 10 heteroatoms. The van der Waals surface area contributed by atoms with Crippen LogP contribution in [-0.2, 0) is 11.0 Å². The van der Waals surface area contributed by atoms with Crippen molar-refractivity contribution in [1.29, 1.82) is 0 Å². The van der Waals surface area contributed by atoms with Gasteiger partial charge in [0.25, 0.3) is 0 Å². The van der Waals surface area contributed by atoms with E-state index in [1.165, 1.54) is 12.1 Å². The van der Waals surface area contributed by atoms with Crippen LogP contribution in [0.15, 0.2) is 29.2 Å². The highest BCUT2D eigenvalue weighted by molar-refractivity contribution is 7.86. The van der Waals surface area contributed by atoms with Crippen molar-refractivity contribution in [3.63, 3.8) is 0 Å². The molecule has 2 heterocycles. The van der Waals surface area contributed by atoms with E-state index < -0.39 is 33.5 Å². The van der Waals surface area contributed by atoms with E-state index in [9.17, 15) is 17.4 Å². The molecule has 2 unspecified atom stereocenters. The second-order valence-corrected chi connectivity index (χ2v) is 9.81. The van der Waals surface area contributed by atoms with Gasteiger partial charge < -0.3 is 10.2 Å². The maximum Gasteiger partial charge on any atom is 0.214 e. The number of benzene rings is 1. The zero-order valence-corrected chi connectivity index (χ0v) is 18.5. The first-order chi connectivity index (χ1) is 14.0. The van der Waals surface area contributed by atoms with Gasteiger partial charge in [0.2, 0.25) is 5.95 Å². The summed E-state index contributed by atoms with van der Waals surface area (Å²) in [7, 11) is -2.35. The Kier molecular flexibility index (Phi) is 6.94. The normalized spacial score (nSPS) is 18.0. The van der Waals surface area contributed by atoms with Gasteiger partial charge in [0.1, 0.15) is 21.6 Å². The van der Waals surface area contributed by atoms with Gasteiger partial charge >= 0.3 is 0 Å². The van der Waals surface area contributed by atoms with Crippen LogP contribution in [0.4, 0.5) is 24.7 Å². The SMILES string of the molecule is CC(C)(C)NCC1CCN(c2cc(F)c(S(=O)Nc3cccc(F)n3)c(F)c2Cl)C1. The van der Waals surface area contributed by atoms with Gasteiger partial charge in [-0.25, -0.2) is 18.0 Å². The molecule has 1 aromatic carbocycles. The lowest BCUT2D eigenvalue weighted by Gasteiger charge is -2.24. The molecule has 0 aliphatic carbocycles. The molecule has 1 saturated heterocycles. The number of hydrogen-bond acceptors (Lipinski definition) is 4. The molecule has 3 rings (SSSR count). The minimum Gasteiger partial charge on any atom is -0.370 e. The van der Waals surface area contributed by atoms with Gasteiger partial charge in [0.05, 0.1) is 5.69 Å². The minimum atomic E-state index is -2.35. The van der Waals surface area contributed by atoms with E-state index in [1.54, 1.807) is 0 Å². The zero-order valence-electron chi connectivity index (χ0n) is 16.9. The van der Waals surface area contributed by atoms with Crippen molar-refractivity contribution < 1.29 is 17.4 Å². The topological polar surface area (TPSA) is 57.3 Å². The van der Waals surface area contributed by atoms with Crippen LogP contribution in [0, 0.1) is 23.5 Å². The van der Waals surface area contributed by atoms with Crippen molar-refractivity contribution in [3.05, 3.63) is 46.9 Å². The fourth-order valence-electron chi connectivity index (χ4n) is 3.25. The molecule has 164 valence electrons. The minimum absolute atomic E-state index is 0.0154. The molecule has 0 amide bonds. The van der Waals surface area contributed by atoms with Crippen LogP contribution < -0.4 is 14.9 Å². The molecule has 0 bridgehead atoms. The molecule has 2 N–H and O–H groups in total. The van der Waals surface area contributed by atoms with Crippen LogP contribution in [0.5, 0.6) is 0 Å². The summed E-state index contributed by atoms with van der Waals surface area (Å²) in [6, 6.07) is 4.87. The van der Waals surface area contributed by atoms with Crippen LogP contribution in [0.3, 0.4) is 0 Å². The average molecular weight is 461 g/mol. The van der Waals surface area contributed by atoms with Gasteiger partial charge in [-0.1, -0.05) is 17.7 Å². The molecule has 1 fully saturated rings. The quantitative estimate of drug-likeness (QED) is 0.492. The van der Waals surface area contributed by atoms with E-state index in [0.29, 0.717) is 19.0 Å². The van der Waals surface area contributed by atoms with Crippen LogP contribution >= 0.6 is 11.6 Å². The molecule has 1 aliphatic heterocycles. The molecule has 0 saturated carbocycles. The first-order valence-corrected chi connectivity index (χ1v) is 11.1. The summed E-state index contributed by atoms with van der Waals surface area (Å²) in [5.74, 6) is -2.70. The average Bonchev–Trinajstić information content (AvgIpc) is 3.11. The second-order valence-electron chi connectivity index (χ2n) is 8.28. The van der Waals surface area contributed by atoms with E-state index in [4.69, 9.17) is 11.6 Å². The summed E-state index contributed by atoms with van der Waals surface area (Å²) >= 11 is 6.18. The largest absolute Gasteiger partial charge is 0.370 e. The second kappa shape index (κ2) is 9.11. The molecular weight excluding hydrogens is 437 g/mol. The highest BCUT2D eigenvalue weighted by Gasteiger charge is 2.29. The fraction of sp³-hybridized carbons (Fsp3) is 0.450. The Bertz CT molecular complexity index is 954. The van der Waals surface area contributed by atoms with Crippen molar-refractivity contribution in [2.45, 2.75) is 37.6 Å². The van der Waals surface area contributed by atoms with Crippen LogP contribution in [0.25, 0.3) is 0 Å². The molecule has 2 atom stereocenters. The van der Waals surface area contributed by atoms with Gasteiger partial charge in [-0.15, -0.1) is 0 Å². The van der Waals surface area contributed by atoms with Gasteiger partial charge in [0, 0.05) is 31.2 Å². The Morgan fingerprint density at radius 1 is 1.30 bits per heavy atom.